The van der Waals surface area contributed by atoms with Crippen molar-refractivity contribution in [1.82, 2.24) is 15.6 Å². The minimum atomic E-state index is -0.364. The van der Waals surface area contributed by atoms with Gasteiger partial charge in [-0.1, -0.05) is 18.7 Å². The molecule has 0 aliphatic rings. The van der Waals surface area contributed by atoms with Crippen LogP contribution in [0.3, 0.4) is 0 Å². The number of hydrogen-bond acceptors (Lipinski definition) is 3. The molecule has 146 valence electrons. The fraction of sp³-hybridized carbons (Fsp3) is 0.143. The number of H-pyrrole nitrogens is 1. The second-order valence-electron chi connectivity index (χ2n) is 5.81. The number of carbonyl (C=O) groups excluding carboxylic acids is 2. The van der Waals surface area contributed by atoms with Crippen LogP contribution in [0.4, 0.5) is 10.5 Å². The summed E-state index contributed by atoms with van der Waals surface area (Å²) in [5, 5.41) is 8.03. The van der Waals surface area contributed by atoms with Crippen LogP contribution < -0.4 is 20.7 Å². The predicted molar refractivity (Wildman–Crippen MR) is 111 cm³/mol. The number of hydrogen-bond donors (Lipinski definition) is 4. The molecular formula is C21H24N4O3. The fourth-order valence-electron chi connectivity index (χ4n) is 2.37. The minimum Gasteiger partial charge on any atom is -0.455 e. The molecule has 0 saturated carbocycles. The molecule has 1 aromatic carbocycles. The lowest BCUT2D eigenvalue weighted by molar-refractivity contribution is 0.0958. The van der Waals surface area contributed by atoms with E-state index < -0.39 is 0 Å². The summed E-state index contributed by atoms with van der Waals surface area (Å²) in [6, 6.07) is 8.19. The summed E-state index contributed by atoms with van der Waals surface area (Å²) in [5.74, 6) is 0.923. The first-order valence-corrected chi connectivity index (χ1v) is 8.69. The van der Waals surface area contributed by atoms with Crippen LogP contribution in [0.25, 0.3) is 0 Å². The van der Waals surface area contributed by atoms with Crippen LogP contribution in [0.2, 0.25) is 0 Å². The monoisotopic (exact) mass is 380 g/mol. The number of aromatic amines is 1. The number of allylic oxidation sites excluding steroid dienone is 4. The lowest BCUT2D eigenvalue weighted by atomic mass is 10.3. The van der Waals surface area contributed by atoms with Gasteiger partial charge in [0.25, 0.3) is 5.91 Å². The Morgan fingerprint density at radius 3 is 2.54 bits per heavy atom. The van der Waals surface area contributed by atoms with Gasteiger partial charge in [0.15, 0.2) is 0 Å². The van der Waals surface area contributed by atoms with E-state index in [1.807, 2.05) is 19.9 Å². The highest BCUT2D eigenvalue weighted by Crippen LogP contribution is 2.27. The smallest absolute Gasteiger partial charge is 0.323 e. The summed E-state index contributed by atoms with van der Waals surface area (Å²) in [7, 11) is 1.57. The van der Waals surface area contributed by atoms with Crippen LogP contribution in [0, 0.1) is 6.92 Å². The molecule has 0 spiro atoms. The van der Waals surface area contributed by atoms with E-state index >= 15 is 0 Å². The third kappa shape index (κ3) is 5.63. The minimum absolute atomic E-state index is 0.216. The lowest BCUT2D eigenvalue weighted by Crippen LogP contribution is -2.27. The van der Waals surface area contributed by atoms with E-state index in [1.165, 1.54) is 0 Å². The summed E-state index contributed by atoms with van der Waals surface area (Å²) < 4.78 is 5.80. The van der Waals surface area contributed by atoms with Crippen LogP contribution in [0.1, 0.15) is 23.1 Å². The zero-order valence-corrected chi connectivity index (χ0v) is 16.1. The van der Waals surface area contributed by atoms with Crippen molar-refractivity contribution in [2.75, 3.05) is 12.4 Å². The Bertz CT molecular complexity index is 908. The fourth-order valence-corrected chi connectivity index (χ4v) is 2.37. The molecule has 2 aromatic rings. The van der Waals surface area contributed by atoms with Crippen molar-refractivity contribution in [3.8, 4) is 11.5 Å². The number of amides is 3. The van der Waals surface area contributed by atoms with Gasteiger partial charge in [-0.3, -0.25) is 4.79 Å². The summed E-state index contributed by atoms with van der Waals surface area (Å²) in [6.45, 7) is 7.30. The summed E-state index contributed by atoms with van der Waals surface area (Å²) >= 11 is 0. The average Bonchev–Trinajstić information content (AvgIpc) is 3.03. The van der Waals surface area contributed by atoms with E-state index in [1.54, 1.807) is 55.6 Å². The van der Waals surface area contributed by atoms with E-state index in [2.05, 4.69) is 27.5 Å². The highest BCUT2D eigenvalue weighted by atomic mass is 16.5. The SMILES string of the molecule is C=C/C=C(\C=C/C)NC(=O)Nc1ccc(Oc2cc(C(=O)NC)[nH]c2C)cc1. The zero-order chi connectivity index (χ0) is 20.5. The molecule has 7 heteroatoms. The van der Waals surface area contributed by atoms with Gasteiger partial charge in [-0.15, -0.1) is 0 Å². The summed E-state index contributed by atoms with van der Waals surface area (Å²) in [4.78, 5) is 26.7. The van der Waals surface area contributed by atoms with Crippen LogP contribution in [-0.4, -0.2) is 24.0 Å². The third-order valence-electron chi connectivity index (χ3n) is 3.68. The Balaban J connectivity index is 2.01. The van der Waals surface area contributed by atoms with Crippen molar-refractivity contribution in [2.24, 2.45) is 0 Å². The molecule has 4 N–H and O–H groups in total. The zero-order valence-electron chi connectivity index (χ0n) is 16.1. The Kier molecular flexibility index (Phi) is 7.21. The molecule has 0 saturated heterocycles. The third-order valence-corrected chi connectivity index (χ3v) is 3.68. The number of carbonyl (C=O) groups is 2. The molecule has 7 nitrogen and oxygen atoms in total. The summed E-state index contributed by atoms with van der Waals surface area (Å²) in [6.07, 6.45) is 6.88. The van der Waals surface area contributed by atoms with Crippen molar-refractivity contribution in [3.63, 3.8) is 0 Å². The molecule has 0 atom stereocenters. The Hall–Kier alpha value is -3.74. The van der Waals surface area contributed by atoms with Gasteiger partial charge in [-0.05, 0) is 50.3 Å². The topological polar surface area (TPSA) is 95.2 Å². The average molecular weight is 380 g/mol. The maximum atomic E-state index is 12.1. The van der Waals surface area contributed by atoms with Crippen LogP contribution in [0.15, 0.2) is 66.9 Å². The Labute approximate surface area is 164 Å². The molecule has 0 radical (unpaired) electrons. The van der Waals surface area contributed by atoms with Gasteiger partial charge in [-0.2, -0.15) is 0 Å². The lowest BCUT2D eigenvalue weighted by Gasteiger charge is -2.09. The molecule has 2 rings (SSSR count). The number of nitrogens with one attached hydrogen (secondary N) is 4. The normalized spacial score (nSPS) is 11.2. The van der Waals surface area contributed by atoms with Crippen molar-refractivity contribution >= 4 is 17.6 Å². The molecule has 0 bridgehead atoms. The highest BCUT2D eigenvalue weighted by molar-refractivity contribution is 5.93. The van der Waals surface area contributed by atoms with E-state index in [0.717, 1.165) is 5.69 Å². The predicted octanol–water partition coefficient (Wildman–Crippen LogP) is 4.24. The first kappa shape index (κ1) is 20.6. The molecule has 0 aliphatic heterocycles. The van der Waals surface area contributed by atoms with Gasteiger partial charge in [0, 0.05) is 24.5 Å². The standard InChI is InChI=1S/C21H24N4O3/c1-5-7-15(8-6-2)24-21(27)25-16-9-11-17(12-10-16)28-19-13-18(20(26)22-4)23-14(19)3/h5-13,23H,1H2,2-4H3,(H,22,26)(H2,24,25,27)/b8-6-,15-7+. The van der Waals surface area contributed by atoms with Gasteiger partial charge < -0.3 is 25.7 Å². The number of aryl methyl sites for hydroxylation is 1. The number of ether oxygens (including phenoxy) is 1. The molecule has 3 amide bonds. The van der Waals surface area contributed by atoms with Crippen LogP contribution in [0.5, 0.6) is 11.5 Å². The van der Waals surface area contributed by atoms with E-state index in [0.29, 0.717) is 28.6 Å². The number of anilines is 1. The van der Waals surface area contributed by atoms with Crippen molar-refractivity contribution < 1.29 is 14.3 Å². The van der Waals surface area contributed by atoms with Crippen molar-refractivity contribution in [3.05, 3.63) is 78.3 Å². The second-order valence-corrected chi connectivity index (χ2v) is 5.81. The molecule has 1 aromatic heterocycles. The number of aromatic nitrogens is 1. The van der Waals surface area contributed by atoms with Gasteiger partial charge >= 0.3 is 6.03 Å². The summed E-state index contributed by atoms with van der Waals surface area (Å²) in [5.41, 5.74) is 2.41. The van der Waals surface area contributed by atoms with Gasteiger partial charge in [-0.25, -0.2) is 4.79 Å². The van der Waals surface area contributed by atoms with Gasteiger partial charge in [0.05, 0.1) is 5.69 Å². The van der Waals surface area contributed by atoms with Crippen LogP contribution >= 0.6 is 0 Å². The first-order valence-electron chi connectivity index (χ1n) is 8.69. The van der Waals surface area contributed by atoms with Gasteiger partial charge in [0.1, 0.15) is 17.2 Å². The van der Waals surface area contributed by atoms with Gasteiger partial charge in [0.2, 0.25) is 0 Å². The van der Waals surface area contributed by atoms with Crippen LogP contribution in [-0.2, 0) is 0 Å². The highest BCUT2D eigenvalue weighted by Gasteiger charge is 2.12. The molecular weight excluding hydrogens is 356 g/mol. The maximum Gasteiger partial charge on any atom is 0.323 e. The largest absolute Gasteiger partial charge is 0.455 e. The number of rotatable bonds is 7. The van der Waals surface area contributed by atoms with E-state index in [4.69, 9.17) is 4.74 Å². The molecule has 0 fully saturated rings. The quantitative estimate of drug-likeness (QED) is 0.541. The first-order chi connectivity index (χ1) is 13.5. The number of benzene rings is 1. The van der Waals surface area contributed by atoms with Crippen molar-refractivity contribution in [1.29, 1.82) is 0 Å². The van der Waals surface area contributed by atoms with Crippen molar-refractivity contribution in [2.45, 2.75) is 13.8 Å². The Morgan fingerprint density at radius 2 is 1.93 bits per heavy atom. The Morgan fingerprint density at radius 1 is 1.21 bits per heavy atom. The van der Waals surface area contributed by atoms with E-state index in [-0.39, 0.29) is 11.9 Å². The maximum absolute atomic E-state index is 12.1. The number of urea groups is 1. The molecule has 28 heavy (non-hydrogen) atoms. The molecule has 1 heterocycles. The molecule has 0 aliphatic carbocycles. The molecule has 0 unspecified atom stereocenters. The van der Waals surface area contributed by atoms with E-state index in [9.17, 15) is 9.59 Å². The second kappa shape index (κ2) is 9.82.